The summed E-state index contributed by atoms with van der Waals surface area (Å²) in [6.45, 7) is 4.56. The van der Waals surface area contributed by atoms with Crippen LogP contribution in [0.25, 0.3) is 11.2 Å². The zero-order valence-electron chi connectivity index (χ0n) is 13.0. The lowest BCUT2D eigenvalue weighted by atomic mass is 10.2. The topological polar surface area (TPSA) is 64.7 Å². The fourth-order valence-corrected chi connectivity index (χ4v) is 2.69. The van der Waals surface area contributed by atoms with Gasteiger partial charge in [0.1, 0.15) is 11.3 Å². The van der Waals surface area contributed by atoms with Gasteiger partial charge in [-0.3, -0.25) is 9.48 Å². The first kappa shape index (κ1) is 15.8. The van der Waals surface area contributed by atoms with E-state index in [1.165, 1.54) is 0 Å². The van der Waals surface area contributed by atoms with Crippen molar-refractivity contribution in [3.8, 4) is 0 Å². The Bertz CT molecular complexity index is 643. The molecule has 1 atom stereocenters. The predicted molar refractivity (Wildman–Crippen MR) is 83.4 cm³/mol. The first-order chi connectivity index (χ1) is 9.99. The Kier molecular flexibility index (Phi) is 4.88. The first-order valence-electron chi connectivity index (χ1n) is 7.26. The normalized spacial score (nSPS) is 12.8. The van der Waals surface area contributed by atoms with E-state index in [4.69, 9.17) is 11.6 Å². The van der Waals surface area contributed by atoms with E-state index in [0.717, 1.165) is 35.5 Å². The molecule has 1 amide bonds. The van der Waals surface area contributed by atoms with Crippen LogP contribution in [0, 0.1) is 0 Å². The van der Waals surface area contributed by atoms with Gasteiger partial charge >= 0.3 is 0 Å². The Balaban J connectivity index is 2.49. The maximum Gasteiger partial charge on any atom is 0.221 e. The van der Waals surface area contributed by atoms with E-state index in [1.807, 2.05) is 23.2 Å². The molecule has 0 saturated carbocycles. The highest BCUT2D eigenvalue weighted by molar-refractivity contribution is 6.20. The molecule has 1 N–H and O–H groups in total. The van der Waals surface area contributed by atoms with Crippen molar-refractivity contribution in [1.29, 1.82) is 0 Å². The number of hydrogen-bond acceptors (Lipinski definition) is 3. The summed E-state index contributed by atoms with van der Waals surface area (Å²) in [5.74, 6) is 0.793. The monoisotopic (exact) mass is 311 g/mol. The van der Waals surface area contributed by atoms with Gasteiger partial charge in [0.25, 0.3) is 0 Å². The highest BCUT2D eigenvalue weighted by Crippen LogP contribution is 2.27. The SMILES string of the molecule is CCCc1nn(C)c2c1nc(C(C)Cl)n2CCC(=O)NC. The van der Waals surface area contributed by atoms with Gasteiger partial charge in [-0.15, -0.1) is 11.6 Å². The number of nitrogens with one attached hydrogen (secondary N) is 1. The number of imidazole rings is 1. The summed E-state index contributed by atoms with van der Waals surface area (Å²) in [6.07, 6.45) is 2.30. The van der Waals surface area contributed by atoms with Crippen LogP contribution in [0.15, 0.2) is 0 Å². The molecule has 2 heterocycles. The summed E-state index contributed by atoms with van der Waals surface area (Å²) in [4.78, 5) is 16.2. The van der Waals surface area contributed by atoms with Gasteiger partial charge in [0, 0.05) is 27.1 Å². The Morgan fingerprint density at radius 1 is 1.48 bits per heavy atom. The summed E-state index contributed by atoms with van der Waals surface area (Å²) in [5.41, 5.74) is 2.83. The minimum Gasteiger partial charge on any atom is -0.359 e. The Hall–Kier alpha value is -1.56. The first-order valence-corrected chi connectivity index (χ1v) is 7.69. The lowest BCUT2D eigenvalue weighted by Gasteiger charge is -2.10. The number of fused-ring (bicyclic) bond motifs is 1. The van der Waals surface area contributed by atoms with E-state index < -0.39 is 0 Å². The number of rotatable bonds is 6. The molecular weight excluding hydrogens is 290 g/mol. The molecule has 2 aromatic heterocycles. The predicted octanol–water partition coefficient (Wildman–Crippen LogP) is 2.16. The zero-order valence-corrected chi connectivity index (χ0v) is 13.7. The van der Waals surface area contributed by atoms with Gasteiger partial charge in [0.05, 0.1) is 11.1 Å². The molecule has 0 fully saturated rings. The van der Waals surface area contributed by atoms with Crippen LogP contribution in [0.4, 0.5) is 0 Å². The summed E-state index contributed by atoms with van der Waals surface area (Å²) in [5, 5.41) is 6.96. The van der Waals surface area contributed by atoms with Crippen LogP contribution in [-0.4, -0.2) is 32.3 Å². The molecule has 0 aliphatic rings. The van der Waals surface area contributed by atoms with Crippen LogP contribution in [0.5, 0.6) is 0 Å². The summed E-state index contributed by atoms with van der Waals surface area (Å²) >= 11 is 6.25. The van der Waals surface area contributed by atoms with E-state index in [2.05, 4.69) is 22.3 Å². The third-order valence-corrected chi connectivity index (χ3v) is 3.70. The molecule has 0 aliphatic heterocycles. The van der Waals surface area contributed by atoms with Crippen LogP contribution in [0.3, 0.4) is 0 Å². The molecule has 0 radical (unpaired) electrons. The average Bonchev–Trinajstić information content (AvgIpc) is 2.96. The third kappa shape index (κ3) is 3.05. The number of nitrogens with zero attached hydrogens (tertiary/aromatic N) is 4. The van der Waals surface area contributed by atoms with Crippen LogP contribution in [0.1, 0.15) is 43.6 Å². The van der Waals surface area contributed by atoms with Crippen molar-refractivity contribution in [1.82, 2.24) is 24.6 Å². The van der Waals surface area contributed by atoms with Crippen LogP contribution >= 0.6 is 11.6 Å². The minimum atomic E-state index is -0.212. The number of hydrogen-bond donors (Lipinski definition) is 1. The minimum absolute atomic E-state index is 0.000903. The van der Waals surface area contributed by atoms with Crippen molar-refractivity contribution in [2.75, 3.05) is 7.05 Å². The number of carbonyl (C=O) groups excluding carboxylic acids is 1. The van der Waals surface area contributed by atoms with Gasteiger partial charge < -0.3 is 9.88 Å². The van der Waals surface area contributed by atoms with Crippen molar-refractivity contribution in [2.45, 2.75) is 45.0 Å². The fraction of sp³-hybridized carbons (Fsp3) is 0.643. The Morgan fingerprint density at radius 3 is 2.76 bits per heavy atom. The van der Waals surface area contributed by atoms with E-state index >= 15 is 0 Å². The second-order valence-electron chi connectivity index (χ2n) is 5.15. The average molecular weight is 312 g/mol. The van der Waals surface area contributed by atoms with Crippen molar-refractivity contribution in [2.24, 2.45) is 7.05 Å². The van der Waals surface area contributed by atoms with Gasteiger partial charge in [0.15, 0.2) is 5.65 Å². The van der Waals surface area contributed by atoms with Gasteiger partial charge in [-0.1, -0.05) is 13.3 Å². The lowest BCUT2D eigenvalue weighted by Crippen LogP contribution is -2.20. The van der Waals surface area contributed by atoms with Gasteiger partial charge in [0.2, 0.25) is 5.91 Å². The standard InChI is InChI=1S/C14H22ClN5O/c1-5-6-10-12-14(19(4)18-10)20(8-7-11(21)16-3)13(17-12)9(2)15/h9H,5-8H2,1-4H3,(H,16,21). The Morgan fingerprint density at radius 2 is 2.19 bits per heavy atom. The summed E-state index contributed by atoms with van der Waals surface area (Å²) in [7, 11) is 3.54. The number of carbonyl (C=O) groups is 1. The lowest BCUT2D eigenvalue weighted by molar-refractivity contribution is -0.120. The van der Waals surface area contributed by atoms with E-state index in [9.17, 15) is 4.79 Å². The van der Waals surface area contributed by atoms with Crippen LogP contribution in [0.2, 0.25) is 0 Å². The highest BCUT2D eigenvalue weighted by atomic mass is 35.5. The molecular formula is C14H22ClN5O. The van der Waals surface area contributed by atoms with Crippen molar-refractivity contribution < 1.29 is 4.79 Å². The quantitative estimate of drug-likeness (QED) is 0.831. The van der Waals surface area contributed by atoms with Gasteiger partial charge in [-0.05, 0) is 13.3 Å². The second kappa shape index (κ2) is 6.47. The number of alkyl halides is 1. The molecule has 2 rings (SSSR count). The molecule has 7 heteroatoms. The Labute approximate surface area is 129 Å². The largest absolute Gasteiger partial charge is 0.359 e. The molecule has 0 spiro atoms. The molecule has 0 aliphatic carbocycles. The van der Waals surface area contributed by atoms with Gasteiger partial charge in [-0.25, -0.2) is 4.98 Å². The smallest absolute Gasteiger partial charge is 0.221 e. The van der Waals surface area contributed by atoms with E-state index in [1.54, 1.807) is 7.05 Å². The number of amides is 1. The van der Waals surface area contributed by atoms with Crippen molar-refractivity contribution in [3.05, 3.63) is 11.5 Å². The fourth-order valence-electron chi connectivity index (χ4n) is 2.53. The maximum absolute atomic E-state index is 11.5. The number of aryl methyl sites for hydroxylation is 3. The molecule has 21 heavy (non-hydrogen) atoms. The molecule has 6 nitrogen and oxygen atoms in total. The molecule has 116 valence electrons. The van der Waals surface area contributed by atoms with E-state index in [0.29, 0.717) is 13.0 Å². The van der Waals surface area contributed by atoms with Crippen LogP contribution in [-0.2, 0) is 24.8 Å². The van der Waals surface area contributed by atoms with Crippen LogP contribution < -0.4 is 5.32 Å². The number of halogens is 1. The zero-order chi connectivity index (χ0) is 15.6. The third-order valence-electron chi connectivity index (χ3n) is 3.50. The van der Waals surface area contributed by atoms with Gasteiger partial charge in [-0.2, -0.15) is 5.10 Å². The molecule has 0 bridgehead atoms. The number of aromatic nitrogens is 4. The second-order valence-corrected chi connectivity index (χ2v) is 5.81. The van der Waals surface area contributed by atoms with E-state index in [-0.39, 0.29) is 11.3 Å². The molecule has 0 saturated heterocycles. The maximum atomic E-state index is 11.5. The molecule has 0 aromatic carbocycles. The molecule has 1 unspecified atom stereocenters. The van der Waals surface area contributed by atoms with Crippen molar-refractivity contribution >= 4 is 28.7 Å². The summed E-state index contributed by atoms with van der Waals surface area (Å²) < 4.78 is 3.84. The summed E-state index contributed by atoms with van der Waals surface area (Å²) in [6, 6.07) is 0. The van der Waals surface area contributed by atoms with Crippen molar-refractivity contribution in [3.63, 3.8) is 0 Å². The highest BCUT2D eigenvalue weighted by Gasteiger charge is 2.21. The molecule has 2 aromatic rings.